The fourth-order valence-electron chi connectivity index (χ4n) is 3.91. The Morgan fingerprint density at radius 3 is 1.92 bits per heavy atom. The highest BCUT2D eigenvalue weighted by atomic mass is 35.5. The Hall–Kier alpha value is -3.38. The Kier molecular flexibility index (Phi) is 7.32. The Labute approximate surface area is 236 Å². The summed E-state index contributed by atoms with van der Waals surface area (Å²) in [5.74, 6) is 0.475. The molecule has 2 aromatic carbocycles. The molecular weight excluding hydrogens is 543 g/mol. The molecule has 0 bridgehead atoms. The SMILES string of the molecule is CC(C)(C)c1nn(-c2c(Cl)cc(Cl)cc2Cl)c(/N=N/c2c(C(C)(C)C)nn(-c3ccccc3)c2N)c1C#N. The zero-order valence-corrected chi connectivity index (χ0v) is 24.2. The standard InChI is InChI=1S/C27H27Cl3N8/c1-26(2,3)22-17(14-31)25(38(35-22)21-18(29)12-15(28)13-19(21)30)34-33-20-23(27(4,5)6)36-37(24(20)32)16-10-8-7-9-11-16/h7-13H,32H2,1-6H3/b34-33+. The molecule has 0 aliphatic carbocycles. The second kappa shape index (κ2) is 10.1. The monoisotopic (exact) mass is 568 g/mol. The molecule has 2 aromatic heterocycles. The quantitative estimate of drug-likeness (QED) is 0.248. The lowest BCUT2D eigenvalue weighted by molar-refractivity contribution is 0.559. The molecule has 0 saturated heterocycles. The minimum absolute atomic E-state index is 0.162. The third-order valence-corrected chi connectivity index (χ3v) is 6.52. The summed E-state index contributed by atoms with van der Waals surface area (Å²) < 4.78 is 3.06. The third kappa shape index (κ3) is 5.14. The van der Waals surface area contributed by atoms with Crippen molar-refractivity contribution in [2.24, 2.45) is 10.2 Å². The van der Waals surface area contributed by atoms with E-state index in [0.29, 0.717) is 33.6 Å². The van der Waals surface area contributed by atoms with Crippen LogP contribution in [0.3, 0.4) is 0 Å². The summed E-state index contributed by atoms with van der Waals surface area (Å²) in [7, 11) is 0. The number of rotatable bonds is 4. The van der Waals surface area contributed by atoms with Crippen LogP contribution in [-0.4, -0.2) is 19.6 Å². The fourth-order valence-corrected chi connectivity index (χ4v) is 4.89. The molecule has 196 valence electrons. The molecule has 0 aliphatic heterocycles. The average Bonchev–Trinajstić information content (AvgIpc) is 3.35. The molecule has 38 heavy (non-hydrogen) atoms. The number of anilines is 1. The first-order chi connectivity index (χ1) is 17.7. The van der Waals surface area contributed by atoms with Gasteiger partial charge in [-0.05, 0) is 24.3 Å². The predicted octanol–water partition coefficient (Wildman–Crippen LogP) is 8.48. The van der Waals surface area contributed by atoms with Gasteiger partial charge in [0.1, 0.15) is 17.3 Å². The van der Waals surface area contributed by atoms with E-state index in [4.69, 9.17) is 50.7 Å². The Balaban J connectivity index is 1.99. The van der Waals surface area contributed by atoms with Gasteiger partial charge in [0.25, 0.3) is 0 Å². The number of nitriles is 1. The van der Waals surface area contributed by atoms with Gasteiger partial charge in [-0.2, -0.15) is 15.5 Å². The average molecular weight is 570 g/mol. The van der Waals surface area contributed by atoms with E-state index < -0.39 is 10.8 Å². The van der Waals surface area contributed by atoms with Crippen molar-refractivity contribution in [3.05, 3.63) is 74.5 Å². The number of halogens is 3. The predicted molar refractivity (Wildman–Crippen MR) is 153 cm³/mol. The van der Waals surface area contributed by atoms with Gasteiger partial charge in [0.05, 0.1) is 27.1 Å². The molecule has 4 aromatic rings. The number of nitrogen functional groups attached to an aromatic ring is 1. The van der Waals surface area contributed by atoms with E-state index in [1.807, 2.05) is 71.9 Å². The van der Waals surface area contributed by atoms with E-state index in [1.54, 1.807) is 16.8 Å². The molecule has 0 radical (unpaired) electrons. The Morgan fingerprint density at radius 2 is 1.39 bits per heavy atom. The molecule has 0 atom stereocenters. The smallest absolute Gasteiger partial charge is 0.196 e. The van der Waals surface area contributed by atoms with Gasteiger partial charge in [0.15, 0.2) is 17.3 Å². The van der Waals surface area contributed by atoms with E-state index in [2.05, 4.69) is 16.3 Å². The number of para-hydroxylation sites is 1. The Bertz CT molecular complexity index is 1560. The minimum atomic E-state index is -0.486. The summed E-state index contributed by atoms with van der Waals surface area (Å²) in [4.78, 5) is 0. The molecule has 0 spiro atoms. The molecule has 0 aliphatic rings. The maximum Gasteiger partial charge on any atom is 0.196 e. The van der Waals surface area contributed by atoms with Crippen LogP contribution >= 0.6 is 34.8 Å². The largest absolute Gasteiger partial charge is 0.382 e. The number of azo groups is 1. The van der Waals surface area contributed by atoms with E-state index in [-0.39, 0.29) is 21.4 Å². The molecule has 4 rings (SSSR count). The number of hydrogen-bond acceptors (Lipinski definition) is 6. The van der Waals surface area contributed by atoms with Gasteiger partial charge in [0, 0.05) is 15.9 Å². The number of hydrogen-bond donors (Lipinski definition) is 1. The lowest BCUT2D eigenvalue weighted by Crippen LogP contribution is -2.14. The minimum Gasteiger partial charge on any atom is -0.382 e. The maximum atomic E-state index is 10.2. The van der Waals surface area contributed by atoms with E-state index in [0.717, 1.165) is 5.69 Å². The first kappa shape index (κ1) is 27.6. The van der Waals surface area contributed by atoms with Crippen LogP contribution in [0.1, 0.15) is 58.5 Å². The van der Waals surface area contributed by atoms with Crippen molar-refractivity contribution < 1.29 is 0 Å². The molecule has 0 saturated carbocycles. The van der Waals surface area contributed by atoms with Crippen LogP contribution < -0.4 is 5.73 Å². The summed E-state index contributed by atoms with van der Waals surface area (Å²) in [5.41, 5.74) is 8.59. The van der Waals surface area contributed by atoms with Crippen LogP contribution in [0, 0.1) is 11.3 Å². The summed E-state index contributed by atoms with van der Waals surface area (Å²) in [6.45, 7) is 11.9. The molecule has 8 nitrogen and oxygen atoms in total. The zero-order valence-electron chi connectivity index (χ0n) is 21.9. The molecule has 0 unspecified atom stereocenters. The summed E-state index contributed by atoms with van der Waals surface area (Å²) in [6, 6.07) is 14.9. The molecule has 2 heterocycles. The van der Waals surface area contributed by atoms with Crippen molar-refractivity contribution in [2.75, 3.05) is 5.73 Å². The van der Waals surface area contributed by atoms with Gasteiger partial charge < -0.3 is 5.73 Å². The lowest BCUT2D eigenvalue weighted by Gasteiger charge is -2.15. The van der Waals surface area contributed by atoms with Crippen molar-refractivity contribution in [3.63, 3.8) is 0 Å². The number of nitrogens with two attached hydrogens (primary N) is 1. The molecule has 0 amide bonds. The van der Waals surface area contributed by atoms with E-state index in [9.17, 15) is 5.26 Å². The van der Waals surface area contributed by atoms with Gasteiger partial charge in [-0.15, -0.1) is 10.2 Å². The van der Waals surface area contributed by atoms with Crippen LogP contribution in [0.25, 0.3) is 11.4 Å². The highest BCUT2D eigenvalue weighted by molar-refractivity contribution is 6.40. The zero-order chi connectivity index (χ0) is 28.0. The lowest BCUT2D eigenvalue weighted by atomic mass is 9.90. The van der Waals surface area contributed by atoms with Gasteiger partial charge in [-0.25, -0.2) is 9.36 Å². The molecule has 11 heteroatoms. The topological polar surface area (TPSA) is 110 Å². The van der Waals surface area contributed by atoms with Crippen LogP contribution in [0.4, 0.5) is 17.3 Å². The van der Waals surface area contributed by atoms with Gasteiger partial charge >= 0.3 is 0 Å². The van der Waals surface area contributed by atoms with Crippen LogP contribution in [0.15, 0.2) is 52.7 Å². The number of nitrogens with zero attached hydrogens (tertiary/aromatic N) is 7. The normalized spacial score (nSPS) is 12.3. The van der Waals surface area contributed by atoms with Crippen molar-refractivity contribution in [2.45, 2.75) is 52.4 Å². The van der Waals surface area contributed by atoms with Gasteiger partial charge in [-0.1, -0.05) is 94.5 Å². The second-order valence-corrected chi connectivity index (χ2v) is 12.1. The highest BCUT2D eigenvalue weighted by Crippen LogP contribution is 2.41. The molecular formula is C27H27Cl3N8. The second-order valence-electron chi connectivity index (χ2n) is 10.8. The van der Waals surface area contributed by atoms with Crippen molar-refractivity contribution in [1.82, 2.24) is 19.6 Å². The maximum absolute atomic E-state index is 10.2. The van der Waals surface area contributed by atoms with E-state index in [1.165, 1.54) is 4.68 Å². The van der Waals surface area contributed by atoms with Crippen molar-refractivity contribution in [1.29, 1.82) is 5.26 Å². The van der Waals surface area contributed by atoms with Crippen molar-refractivity contribution in [3.8, 4) is 17.4 Å². The highest BCUT2D eigenvalue weighted by Gasteiger charge is 2.31. The first-order valence-corrected chi connectivity index (χ1v) is 12.9. The number of benzene rings is 2. The molecule has 0 fully saturated rings. The Morgan fingerprint density at radius 1 is 0.842 bits per heavy atom. The van der Waals surface area contributed by atoms with Gasteiger partial charge in [0.2, 0.25) is 0 Å². The summed E-state index contributed by atoms with van der Waals surface area (Å²) in [6.07, 6.45) is 0. The fraction of sp³-hybridized carbons (Fsp3) is 0.296. The summed E-state index contributed by atoms with van der Waals surface area (Å²) in [5, 5.41) is 29.6. The molecule has 2 N–H and O–H groups in total. The van der Waals surface area contributed by atoms with Crippen molar-refractivity contribution >= 4 is 52.1 Å². The number of aromatic nitrogens is 4. The third-order valence-electron chi connectivity index (χ3n) is 5.73. The summed E-state index contributed by atoms with van der Waals surface area (Å²) >= 11 is 19.2. The van der Waals surface area contributed by atoms with Crippen LogP contribution in [0.2, 0.25) is 15.1 Å². The van der Waals surface area contributed by atoms with E-state index >= 15 is 0 Å². The van der Waals surface area contributed by atoms with Gasteiger partial charge in [-0.3, -0.25) is 0 Å². The van der Waals surface area contributed by atoms with Crippen LogP contribution in [0.5, 0.6) is 0 Å². The first-order valence-electron chi connectivity index (χ1n) is 11.8. The van der Waals surface area contributed by atoms with Crippen LogP contribution in [-0.2, 0) is 10.8 Å².